The summed E-state index contributed by atoms with van der Waals surface area (Å²) in [6.07, 6.45) is 10.7. The van der Waals surface area contributed by atoms with Crippen molar-refractivity contribution in [3.05, 3.63) is 48.0 Å². The van der Waals surface area contributed by atoms with Crippen molar-refractivity contribution in [2.45, 2.75) is 76.0 Å². The zero-order valence-corrected chi connectivity index (χ0v) is 18.0. The van der Waals surface area contributed by atoms with Gasteiger partial charge in [0.15, 0.2) is 0 Å². The van der Waals surface area contributed by atoms with Gasteiger partial charge < -0.3 is 9.84 Å². The third-order valence-corrected chi connectivity index (χ3v) is 5.87. The molecular weight excluding hydrogens is 388 g/mol. The molecule has 0 spiro atoms. The van der Waals surface area contributed by atoms with Gasteiger partial charge in [0, 0.05) is 17.7 Å². The van der Waals surface area contributed by atoms with Crippen LogP contribution in [0.1, 0.15) is 70.3 Å². The van der Waals surface area contributed by atoms with Gasteiger partial charge in [0.05, 0.1) is 0 Å². The molecule has 0 saturated heterocycles. The Kier molecular flexibility index (Phi) is 9.48. The van der Waals surface area contributed by atoms with Crippen LogP contribution in [0.15, 0.2) is 47.4 Å². The number of hydrogen-bond donors (Lipinski definition) is 2. The molecule has 160 valence electrons. The third-order valence-electron chi connectivity index (χ3n) is 4.95. The highest BCUT2D eigenvalue weighted by Crippen LogP contribution is 2.34. The monoisotopic (exact) mass is 420 g/mol. The van der Waals surface area contributed by atoms with Gasteiger partial charge in [-0.25, -0.2) is 0 Å². The van der Waals surface area contributed by atoms with Gasteiger partial charge in [-0.05, 0) is 25.0 Å². The van der Waals surface area contributed by atoms with Crippen LogP contribution >= 0.6 is 0 Å². The van der Waals surface area contributed by atoms with Crippen LogP contribution in [-0.2, 0) is 16.5 Å². The van der Waals surface area contributed by atoms with E-state index in [0.29, 0.717) is 12.2 Å². The van der Waals surface area contributed by atoms with E-state index in [1.165, 1.54) is 50.7 Å². The molecule has 0 saturated carbocycles. The van der Waals surface area contributed by atoms with E-state index in [1.54, 1.807) is 24.3 Å². The minimum absolute atomic E-state index is 0.164. The molecule has 0 aliphatic heterocycles. The normalized spacial score (nSPS) is 11.5. The number of phenolic OH excluding ortho intramolecular Hbond substituents is 1. The summed E-state index contributed by atoms with van der Waals surface area (Å²) in [6, 6.07) is 11.5. The summed E-state index contributed by atoms with van der Waals surface area (Å²) < 4.78 is 39.0. The molecule has 0 aliphatic carbocycles. The van der Waals surface area contributed by atoms with Crippen LogP contribution < -0.4 is 4.74 Å². The van der Waals surface area contributed by atoms with E-state index < -0.39 is 10.1 Å². The third kappa shape index (κ3) is 8.07. The van der Waals surface area contributed by atoms with Gasteiger partial charge in [0.2, 0.25) is 0 Å². The van der Waals surface area contributed by atoms with Crippen molar-refractivity contribution >= 4 is 10.1 Å². The number of aromatic hydroxyl groups is 1. The zero-order chi connectivity index (χ0) is 21.1. The van der Waals surface area contributed by atoms with Crippen molar-refractivity contribution < 1.29 is 22.8 Å². The van der Waals surface area contributed by atoms with Crippen molar-refractivity contribution in [2.75, 3.05) is 0 Å². The maximum atomic E-state index is 11.9. The lowest BCUT2D eigenvalue weighted by Gasteiger charge is -2.13. The van der Waals surface area contributed by atoms with Crippen LogP contribution in [0, 0.1) is 0 Å². The summed E-state index contributed by atoms with van der Waals surface area (Å²) in [5, 5.41) is 10.4. The van der Waals surface area contributed by atoms with Crippen molar-refractivity contribution in [2.24, 2.45) is 0 Å². The van der Waals surface area contributed by atoms with Crippen LogP contribution in [0.4, 0.5) is 0 Å². The highest BCUT2D eigenvalue weighted by molar-refractivity contribution is 7.85. The van der Waals surface area contributed by atoms with E-state index in [-0.39, 0.29) is 22.0 Å². The Morgan fingerprint density at radius 2 is 1.41 bits per heavy atom. The van der Waals surface area contributed by atoms with E-state index in [1.807, 2.05) is 6.07 Å². The lowest BCUT2D eigenvalue weighted by Crippen LogP contribution is -2.04. The largest absolute Gasteiger partial charge is 0.507 e. The van der Waals surface area contributed by atoms with Crippen LogP contribution in [0.3, 0.4) is 0 Å². The lowest BCUT2D eigenvalue weighted by atomic mass is 10.0. The number of para-hydroxylation sites is 1. The fourth-order valence-electron chi connectivity index (χ4n) is 3.38. The van der Waals surface area contributed by atoms with E-state index in [2.05, 4.69) is 6.92 Å². The number of benzene rings is 2. The standard InChI is InChI=1S/C23H32O5S/c1-2-3-4-5-6-7-8-9-13-16-21-22(24)17-20(18-23(21)29(25,26)27)28-19-14-11-10-12-15-19/h10-12,14-15,17-18,24H,2-9,13,16H2,1H3,(H,25,26,27). The SMILES string of the molecule is CCCCCCCCCCCc1c(O)cc(Oc2ccccc2)cc1S(=O)(=O)O. The summed E-state index contributed by atoms with van der Waals surface area (Å²) in [5.41, 5.74) is 0.246. The van der Waals surface area contributed by atoms with E-state index in [0.717, 1.165) is 19.3 Å². The average Bonchev–Trinajstić information content (AvgIpc) is 2.68. The highest BCUT2D eigenvalue weighted by atomic mass is 32.2. The first-order valence-corrected chi connectivity index (χ1v) is 11.9. The molecule has 0 radical (unpaired) electrons. The molecule has 0 bridgehead atoms. The molecule has 0 amide bonds. The molecule has 0 aliphatic rings. The smallest absolute Gasteiger partial charge is 0.295 e. The minimum Gasteiger partial charge on any atom is -0.507 e. The summed E-state index contributed by atoms with van der Waals surface area (Å²) in [4.78, 5) is -0.289. The van der Waals surface area contributed by atoms with Gasteiger partial charge >= 0.3 is 0 Å². The molecule has 2 aromatic rings. The number of unbranched alkanes of at least 4 members (excludes halogenated alkanes) is 8. The minimum atomic E-state index is -4.47. The van der Waals surface area contributed by atoms with Gasteiger partial charge in [-0.15, -0.1) is 0 Å². The van der Waals surface area contributed by atoms with Gasteiger partial charge in [-0.2, -0.15) is 8.42 Å². The lowest BCUT2D eigenvalue weighted by molar-refractivity contribution is 0.438. The molecule has 0 fully saturated rings. The first-order chi connectivity index (χ1) is 13.9. The molecule has 2 aromatic carbocycles. The maximum absolute atomic E-state index is 11.9. The summed E-state index contributed by atoms with van der Waals surface area (Å²) in [7, 11) is -4.47. The Labute approximate surface area is 174 Å². The Hall–Kier alpha value is -2.05. The van der Waals surface area contributed by atoms with Gasteiger partial charge in [0.25, 0.3) is 10.1 Å². The quantitative estimate of drug-likeness (QED) is 0.285. The second-order valence-corrected chi connectivity index (χ2v) is 8.78. The fourth-order valence-corrected chi connectivity index (χ4v) is 4.17. The first kappa shape index (κ1) is 23.2. The van der Waals surface area contributed by atoms with Crippen LogP contribution in [0.5, 0.6) is 17.2 Å². The van der Waals surface area contributed by atoms with E-state index in [4.69, 9.17) is 4.74 Å². The average molecular weight is 421 g/mol. The van der Waals surface area contributed by atoms with Crippen molar-refractivity contribution in [1.82, 2.24) is 0 Å². The topological polar surface area (TPSA) is 83.8 Å². The Balaban J connectivity index is 1.96. The predicted octanol–water partition coefficient (Wildman–Crippen LogP) is 6.50. The molecule has 0 heterocycles. The van der Waals surface area contributed by atoms with Gasteiger partial charge in [-0.1, -0.05) is 76.5 Å². The van der Waals surface area contributed by atoms with Crippen LogP contribution in [0.2, 0.25) is 0 Å². The van der Waals surface area contributed by atoms with E-state index in [9.17, 15) is 18.1 Å². The van der Waals surface area contributed by atoms with Crippen LogP contribution in [0.25, 0.3) is 0 Å². The fraction of sp³-hybridized carbons (Fsp3) is 0.478. The van der Waals surface area contributed by atoms with Gasteiger partial charge in [-0.3, -0.25) is 4.55 Å². The van der Waals surface area contributed by atoms with Crippen molar-refractivity contribution in [3.8, 4) is 17.2 Å². The molecule has 0 aromatic heterocycles. The Morgan fingerprint density at radius 1 is 0.828 bits per heavy atom. The van der Waals surface area contributed by atoms with Crippen LogP contribution in [-0.4, -0.2) is 18.1 Å². The molecule has 5 nitrogen and oxygen atoms in total. The second-order valence-electron chi connectivity index (χ2n) is 7.39. The first-order valence-electron chi connectivity index (χ1n) is 10.5. The Bertz CT molecular complexity index is 847. The van der Waals surface area contributed by atoms with Crippen molar-refractivity contribution in [1.29, 1.82) is 0 Å². The molecule has 0 unspecified atom stereocenters. The predicted molar refractivity (Wildman–Crippen MR) is 115 cm³/mol. The summed E-state index contributed by atoms with van der Waals surface area (Å²) >= 11 is 0. The number of ether oxygens (including phenoxy) is 1. The molecule has 0 atom stereocenters. The van der Waals surface area contributed by atoms with Crippen molar-refractivity contribution in [3.63, 3.8) is 0 Å². The maximum Gasteiger partial charge on any atom is 0.295 e. The number of phenols is 1. The molecule has 29 heavy (non-hydrogen) atoms. The molecule has 2 rings (SSSR count). The summed E-state index contributed by atoms with van der Waals surface area (Å²) in [5.74, 6) is 0.502. The zero-order valence-electron chi connectivity index (χ0n) is 17.1. The van der Waals surface area contributed by atoms with Gasteiger partial charge in [0.1, 0.15) is 22.1 Å². The Morgan fingerprint density at radius 3 is 2.00 bits per heavy atom. The molecule has 6 heteroatoms. The van der Waals surface area contributed by atoms with E-state index >= 15 is 0 Å². The molecular formula is C23H32O5S. The molecule has 2 N–H and O–H groups in total. The number of hydrogen-bond acceptors (Lipinski definition) is 4. The highest BCUT2D eigenvalue weighted by Gasteiger charge is 2.20. The number of rotatable bonds is 13. The second kappa shape index (κ2) is 11.8. The summed E-state index contributed by atoms with van der Waals surface area (Å²) in [6.45, 7) is 2.20.